The molecule has 0 bridgehead atoms. The van der Waals surface area contributed by atoms with Gasteiger partial charge >= 0.3 is 6.09 Å². The molecule has 4 amide bonds. The number of amides is 4. The normalized spacial score (nSPS) is 17.0. The number of sulfonamides is 1. The maximum Gasteiger partial charge on any atom is 0.411 e. The van der Waals surface area contributed by atoms with E-state index < -0.39 is 33.8 Å². The highest BCUT2D eigenvalue weighted by Gasteiger charge is 2.28. The molecule has 0 saturated heterocycles. The van der Waals surface area contributed by atoms with Crippen LogP contribution in [-0.2, 0) is 19.6 Å². The Morgan fingerprint density at radius 3 is 2.23 bits per heavy atom. The summed E-state index contributed by atoms with van der Waals surface area (Å²) in [6.07, 6.45) is 2.30. The zero-order valence-electron chi connectivity index (χ0n) is 21.2. The van der Waals surface area contributed by atoms with E-state index in [4.69, 9.17) is 9.88 Å². The lowest BCUT2D eigenvalue weighted by atomic mass is 9.90. The number of halogens is 1. The first kappa shape index (κ1) is 30.3. The van der Waals surface area contributed by atoms with Gasteiger partial charge in [-0.2, -0.15) is 0 Å². The average Bonchev–Trinajstić information content (AvgIpc) is 2.89. The Kier molecular flexibility index (Phi) is 10.7. The Labute approximate surface area is 240 Å². The van der Waals surface area contributed by atoms with Gasteiger partial charge in [-0.15, -0.1) is 0 Å². The van der Waals surface area contributed by atoms with Crippen LogP contribution in [0.4, 0.5) is 10.5 Å². The van der Waals surface area contributed by atoms with Gasteiger partial charge in [0.05, 0.1) is 29.3 Å². The van der Waals surface area contributed by atoms with E-state index >= 15 is 0 Å². The third-order valence-electron chi connectivity index (χ3n) is 6.02. The topological polar surface area (TPSA) is 186 Å². The summed E-state index contributed by atoms with van der Waals surface area (Å²) in [6.45, 7) is 1.52. The summed E-state index contributed by atoms with van der Waals surface area (Å²) in [5.74, 6) is -1.39. The van der Waals surface area contributed by atoms with Crippen molar-refractivity contribution >= 4 is 62.1 Å². The number of ether oxygens (including phenoxy) is 1. The van der Waals surface area contributed by atoms with Gasteiger partial charge in [-0.05, 0) is 84.8 Å². The second kappa shape index (κ2) is 13.7. The summed E-state index contributed by atoms with van der Waals surface area (Å²) in [7, 11) is -3.87. The quantitative estimate of drug-likeness (QED) is 0.253. The van der Waals surface area contributed by atoms with Crippen molar-refractivity contribution in [2.45, 2.75) is 49.6 Å². The van der Waals surface area contributed by atoms with Gasteiger partial charge in [0.15, 0.2) is 0 Å². The van der Waals surface area contributed by atoms with Gasteiger partial charge in [-0.25, -0.2) is 18.4 Å². The molecule has 0 radical (unpaired) electrons. The summed E-state index contributed by atoms with van der Waals surface area (Å²) < 4.78 is 28.5. The smallest absolute Gasteiger partial charge is 0.411 e. The summed E-state index contributed by atoms with van der Waals surface area (Å²) >= 11 is 2.03. The van der Waals surface area contributed by atoms with Gasteiger partial charge in [-0.1, -0.05) is 12.8 Å². The fourth-order valence-corrected chi connectivity index (χ4v) is 5.13. The van der Waals surface area contributed by atoms with Crippen LogP contribution in [0.3, 0.4) is 0 Å². The molecule has 39 heavy (non-hydrogen) atoms. The van der Waals surface area contributed by atoms with E-state index in [1.807, 2.05) is 22.6 Å². The monoisotopic (exact) mass is 671 g/mol. The second-order valence-corrected chi connectivity index (χ2v) is 11.6. The van der Waals surface area contributed by atoms with Crippen LogP contribution in [0, 0.1) is 3.57 Å². The molecule has 0 aliphatic heterocycles. The molecule has 2 aromatic carbocycles. The number of hydrogen-bond donors (Lipinski definition) is 5. The molecule has 1 aliphatic rings. The number of primary sulfonamides is 1. The summed E-state index contributed by atoms with van der Waals surface area (Å²) in [4.78, 5) is 50.0. The lowest BCUT2D eigenvalue weighted by molar-refractivity contribution is -0.121. The molecular formula is C25H30IN5O7S. The molecule has 1 aliphatic carbocycles. The van der Waals surface area contributed by atoms with Crippen molar-refractivity contribution in [3.8, 4) is 0 Å². The van der Waals surface area contributed by atoms with E-state index in [2.05, 4.69) is 21.3 Å². The minimum atomic E-state index is -3.87. The van der Waals surface area contributed by atoms with Crippen LogP contribution in [0.15, 0.2) is 47.4 Å². The first-order chi connectivity index (χ1) is 18.5. The molecule has 2 aromatic rings. The molecule has 1 fully saturated rings. The summed E-state index contributed by atoms with van der Waals surface area (Å²) in [6, 6.07) is 9.44. The van der Waals surface area contributed by atoms with Gasteiger partial charge in [0.1, 0.15) is 0 Å². The van der Waals surface area contributed by atoms with Gasteiger partial charge in [-0.3, -0.25) is 19.7 Å². The van der Waals surface area contributed by atoms with E-state index in [0.29, 0.717) is 12.8 Å². The molecule has 1 saturated carbocycles. The van der Waals surface area contributed by atoms with Crippen molar-refractivity contribution in [3.05, 3.63) is 57.2 Å². The number of carbonyl (C=O) groups is 4. The Morgan fingerprint density at radius 2 is 1.62 bits per heavy atom. The van der Waals surface area contributed by atoms with Crippen molar-refractivity contribution in [2.24, 2.45) is 5.14 Å². The molecule has 14 heteroatoms. The van der Waals surface area contributed by atoms with E-state index in [1.54, 1.807) is 25.1 Å². The van der Waals surface area contributed by atoms with E-state index in [1.165, 1.54) is 24.3 Å². The van der Waals surface area contributed by atoms with E-state index in [9.17, 15) is 27.6 Å². The molecule has 0 aromatic heterocycles. The third kappa shape index (κ3) is 8.90. The number of nitrogens with one attached hydrogen (secondary N) is 4. The molecular weight excluding hydrogens is 641 g/mol. The first-order valence-electron chi connectivity index (χ1n) is 12.2. The standard InChI is InChI=1S/C25H30IN5O7S/c1-2-38-25(35)31-19-12-9-16(26)13-18(19)24(34)28-14-22(32)29-20-5-3-4-6-21(20)30-23(33)15-7-10-17(11-8-15)39(27,36)37/h7-13,20-21H,2-6,14H2,1H3,(H,28,34)(H,29,32)(H,30,33)(H,31,35)(H2,27,36,37)/t20-,21+/m1/s1. The summed E-state index contributed by atoms with van der Waals surface area (Å²) in [5, 5.41) is 16.0. The number of carbonyl (C=O) groups excluding carboxylic acids is 4. The maximum absolute atomic E-state index is 12.8. The Hall–Kier alpha value is -3.24. The predicted octanol–water partition coefficient (Wildman–Crippen LogP) is 2.09. The van der Waals surface area contributed by atoms with E-state index in [-0.39, 0.29) is 46.9 Å². The molecule has 6 N–H and O–H groups in total. The number of anilines is 1. The van der Waals surface area contributed by atoms with Crippen molar-refractivity contribution in [2.75, 3.05) is 18.5 Å². The number of benzene rings is 2. The molecule has 3 rings (SSSR count). The highest BCUT2D eigenvalue weighted by atomic mass is 127. The van der Waals surface area contributed by atoms with Crippen molar-refractivity contribution in [1.82, 2.24) is 16.0 Å². The van der Waals surface area contributed by atoms with Gasteiger partial charge in [0, 0.05) is 21.2 Å². The fraction of sp³-hybridized carbons (Fsp3) is 0.360. The van der Waals surface area contributed by atoms with Crippen molar-refractivity contribution in [1.29, 1.82) is 0 Å². The van der Waals surface area contributed by atoms with Crippen LogP contribution in [0.25, 0.3) is 0 Å². The molecule has 12 nitrogen and oxygen atoms in total. The van der Waals surface area contributed by atoms with E-state index in [0.717, 1.165) is 16.4 Å². The Balaban J connectivity index is 1.58. The van der Waals surface area contributed by atoms with Crippen LogP contribution >= 0.6 is 22.6 Å². The van der Waals surface area contributed by atoms with Crippen molar-refractivity contribution in [3.63, 3.8) is 0 Å². The fourth-order valence-electron chi connectivity index (χ4n) is 4.13. The predicted molar refractivity (Wildman–Crippen MR) is 152 cm³/mol. The van der Waals surface area contributed by atoms with Crippen LogP contribution in [0.2, 0.25) is 0 Å². The highest BCUT2D eigenvalue weighted by Crippen LogP contribution is 2.21. The second-order valence-electron chi connectivity index (χ2n) is 8.83. The molecule has 0 spiro atoms. The third-order valence-corrected chi connectivity index (χ3v) is 7.62. The first-order valence-corrected chi connectivity index (χ1v) is 14.8. The average molecular weight is 672 g/mol. The minimum absolute atomic E-state index is 0.0992. The zero-order chi connectivity index (χ0) is 28.6. The van der Waals surface area contributed by atoms with Crippen LogP contribution in [0.5, 0.6) is 0 Å². The van der Waals surface area contributed by atoms with Gasteiger partial charge in [0.25, 0.3) is 11.8 Å². The zero-order valence-corrected chi connectivity index (χ0v) is 24.1. The molecule has 0 heterocycles. The Bertz CT molecular complexity index is 1330. The lowest BCUT2D eigenvalue weighted by Gasteiger charge is -2.33. The van der Waals surface area contributed by atoms with Crippen LogP contribution in [-0.4, -0.2) is 57.5 Å². The van der Waals surface area contributed by atoms with Gasteiger partial charge < -0.3 is 20.7 Å². The van der Waals surface area contributed by atoms with Crippen LogP contribution in [0.1, 0.15) is 53.3 Å². The van der Waals surface area contributed by atoms with Gasteiger partial charge in [0.2, 0.25) is 15.9 Å². The number of hydrogen-bond acceptors (Lipinski definition) is 7. The number of rotatable bonds is 9. The largest absolute Gasteiger partial charge is 0.450 e. The molecule has 210 valence electrons. The number of nitrogens with two attached hydrogens (primary N) is 1. The maximum atomic E-state index is 12.8. The van der Waals surface area contributed by atoms with Crippen molar-refractivity contribution < 1.29 is 32.3 Å². The molecule has 2 atom stereocenters. The molecule has 0 unspecified atom stereocenters. The highest BCUT2D eigenvalue weighted by molar-refractivity contribution is 14.1. The Morgan fingerprint density at radius 1 is 0.974 bits per heavy atom. The SMILES string of the molecule is CCOC(=O)Nc1ccc(I)cc1C(=O)NCC(=O)N[C@@H]1CCCC[C@@H]1NC(=O)c1ccc(S(N)(=O)=O)cc1. The van der Waals surface area contributed by atoms with Crippen LogP contribution < -0.4 is 26.4 Å². The lowest BCUT2D eigenvalue weighted by Crippen LogP contribution is -2.54. The summed E-state index contributed by atoms with van der Waals surface area (Å²) in [5.41, 5.74) is 0.688. The minimum Gasteiger partial charge on any atom is -0.450 e.